The van der Waals surface area contributed by atoms with Gasteiger partial charge in [0.25, 0.3) is 0 Å². The van der Waals surface area contributed by atoms with Crippen molar-refractivity contribution in [1.82, 2.24) is 0 Å². The maximum absolute atomic E-state index is 10.9. The number of rotatable bonds is 9. The molecule has 13 heteroatoms. The maximum atomic E-state index is 10.9. The maximum Gasteiger partial charge on any atom is 0.209 e. The Kier molecular flexibility index (Phi) is 9.78. The molecule has 28 heavy (non-hydrogen) atoms. The number of hydrogen-bond donors (Lipinski definition) is 1. The predicted molar refractivity (Wildman–Crippen MR) is 101 cm³/mol. The van der Waals surface area contributed by atoms with Gasteiger partial charge in [0.05, 0.1) is 0 Å². The summed E-state index contributed by atoms with van der Waals surface area (Å²) < 4.78 is 0. The highest BCUT2D eigenvalue weighted by Crippen LogP contribution is 2.40. The van der Waals surface area contributed by atoms with Crippen LogP contribution in [0.15, 0.2) is 73.5 Å². The largest absolute Gasteiger partial charge is 0.507 e. The Bertz CT molecular complexity index is 713. The average molecular weight is 388 g/mol. The van der Waals surface area contributed by atoms with Crippen LogP contribution in [0.3, 0.4) is 0 Å². The van der Waals surface area contributed by atoms with Crippen molar-refractivity contribution in [2.45, 2.75) is 18.5 Å². The van der Waals surface area contributed by atoms with E-state index in [1.165, 1.54) is 42.3 Å². The van der Waals surface area contributed by atoms with Crippen molar-refractivity contribution < 1.29 is 5.11 Å². The zero-order valence-corrected chi connectivity index (χ0v) is 16.7. The zero-order valence-electron chi connectivity index (χ0n) is 16.7. The second-order valence-electron chi connectivity index (χ2n) is 5.06. The number of phenols is 1. The molecule has 0 saturated heterocycles. The predicted octanol–water partition coefficient (Wildman–Crippen LogP) is 4.88. The van der Waals surface area contributed by atoms with Crippen molar-refractivity contribution in [3.8, 4) is 5.75 Å². The molecule has 0 aliphatic rings. The Hall–Kier alpha value is -3.38. The standard InChI is InChI=1S/C15H24N12O/c1-16-22-13(23-17-2)9-7-10(14(24-18-3)25-19-4)12(28)11(8-9)15(26-20-5)27-21-6/h7-8,13-15,28H,1-6H3. The molecule has 1 rings (SSSR count). The molecule has 1 aromatic carbocycles. The second kappa shape index (κ2) is 12.1. The van der Waals surface area contributed by atoms with Gasteiger partial charge in [-0.05, 0) is 12.1 Å². The fourth-order valence-corrected chi connectivity index (χ4v) is 2.35. The fraction of sp³-hybridized carbons (Fsp3) is 0.600. The first-order valence-electron chi connectivity index (χ1n) is 8.18. The van der Waals surface area contributed by atoms with Gasteiger partial charge in [0.15, 0.2) is 0 Å². The smallest absolute Gasteiger partial charge is 0.209 e. The van der Waals surface area contributed by atoms with E-state index in [0.717, 1.165) is 0 Å². The van der Waals surface area contributed by atoms with Gasteiger partial charge in [0, 0.05) is 59.0 Å². The molecule has 1 N–H and O–H groups in total. The van der Waals surface area contributed by atoms with E-state index in [9.17, 15) is 5.11 Å². The monoisotopic (exact) mass is 388 g/mol. The van der Waals surface area contributed by atoms with Crippen molar-refractivity contribution >= 4 is 0 Å². The van der Waals surface area contributed by atoms with Gasteiger partial charge < -0.3 is 5.11 Å². The van der Waals surface area contributed by atoms with Gasteiger partial charge in [0.1, 0.15) is 5.75 Å². The summed E-state index contributed by atoms with van der Waals surface area (Å²) in [6, 6.07) is 3.29. The average Bonchev–Trinajstić information content (AvgIpc) is 2.68. The number of azo groups is 6. The number of hydrogen-bond acceptors (Lipinski definition) is 13. The summed E-state index contributed by atoms with van der Waals surface area (Å²) in [5.41, 5.74) is 1.23. The summed E-state index contributed by atoms with van der Waals surface area (Å²) in [5.74, 6) is -0.126. The van der Waals surface area contributed by atoms with Crippen LogP contribution in [0.1, 0.15) is 35.2 Å². The Morgan fingerprint density at radius 1 is 0.536 bits per heavy atom. The van der Waals surface area contributed by atoms with Crippen LogP contribution in [0, 0.1) is 0 Å². The van der Waals surface area contributed by atoms with Crippen molar-refractivity contribution in [3.63, 3.8) is 0 Å². The highest BCUT2D eigenvalue weighted by Gasteiger charge is 2.25. The molecule has 13 nitrogen and oxygen atoms in total. The molecule has 0 fully saturated rings. The summed E-state index contributed by atoms with van der Waals surface area (Å²) in [7, 11) is 9.05. The van der Waals surface area contributed by atoms with E-state index in [2.05, 4.69) is 61.4 Å². The first-order chi connectivity index (χ1) is 13.6. The van der Waals surface area contributed by atoms with Crippen LogP contribution in [0.2, 0.25) is 0 Å². The van der Waals surface area contributed by atoms with E-state index in [1.807, 2.05) is 0 Å². The van der Waals surface area contributed by atoms with Crippen LogP contribution < -0.4 is 0 Å². The molecule has 0 unspecified atom stereocenters. The molecule has 0 aromatic heterocycles. The van der Waals surface area contributed by atoms with Crippen LogP contribution in [-0.4, -0.2) is 47.4 Å². The quantitative estimate of drug-likeness (QED) is 0.585. The molecule has 0 saturated carbocycles. The molecule has 0 bridgehead atoms. The second-order valence-corrected chi connectivity index (χ2v) is 5.06. The van der Waals surface area contributed by atoms with E-state index in [1.54, 1.807) is 12.1 Å². The lowest BCUT2D eigenvalue weighted by Gasteiger charge is -2.17. The van der Waals surface area contributed by atoms with Gasteiger partial charge in [0.2, 0.25) is 18.5 Å². The van der Waals surface area contributed by atoms with Gasteiger partial charge in [-0.2, -0.15) is 61.4 Å². The van der Waals surface area contributed by atoms with Crippen molar-refractivity contribution in [2.24, 2.45) is 61.4 Å². The molecule has 150 valence electrons. The van der Waals surface area contributed by atoms with E-state index >= 15 is 0 Å². The van der Waals surface area contributed by atoms with E-state index in [0.29, 0.717) is 16.7 Å². The molecule has 0 heterocycles. The Morgan fingerprint density at radius 2 is 0.821 bits per heavy atom. The minimum absolute atomic E-state index is 0.126. The first-order valence-corrected chi connectivity index (χ1v) is 8.18. The summed E-state index contributed by atoms with van der Waals surface area (Å²) in [5, 5.41) is 57.7. The van der Waals surface area contributed by atoms with Gasteiger partial charge in [-0.25, -0.2) is 0 Å². The summed E-state index contributed by atoms with van der Waals surface area (Å²) in [6.07, 6.45) is -2.47. The number of benzene rings is 1. The lowest BCUT2D eigenvalue weighted by Crippen LogP contribution is -2.03. The molecule has 0 aliphatic carbocycles. The van der Waals surface area contributed by atoms with Crippen LogP contribution in [0.4, 0.5) is 0 Å². The Labute approximate surface area is 162 Å². The third kappa shape index (κ3) is 5.82. The SMILES string of the molecule is CN=NC(N=NC)c1cc(C(N=NC)N=NC)c(O)c(C(N=NC)N=NC)c1. The highest BCUT2D eigenvalue weighted by atomic mass is 16.3. The Balaban J connectivity index is 3.83. The Morgan fingerprint density at radius 3 is 1.11 bits per heavy atom. The highest BCUT2D eigenvalue weighted by molar-refractivity contribution is 5.47. The van der Waals surface area contributed by atoms with Crippen LogP contribution >= 0.6 is 0 Å². The molecule has 0 amide bonds. The molecule has 0 aliphatic heterocycles. The molecule has 0 radical (unpaired) electrons. The lowest BCUT2D eigenvalue weighted by atomic mass is 9.99. The minimum atomic E-state index is -0.871. The van der Waals surface area contributed by atoms with Gasteiger partial charge in [-0.3, -0.25) is 0 Å². The third-order valence-corrected chi connectivity index (χ3v) is 3.39. The third-order valence-electron chi connectivity index (χ3n) is 3.39. The summed E-state index contributed by atoms with van der Waals surface area (Å²) in [4.78, 5) is 0. The van der Waals surface area contributed by atoms with Gasteiger partial charge in [-0.1, -0.05) is 0 Å². The summed E-state index contributed by atoms with van der Waals surface area (Å²) >= 11 is 0. The molecule has 0 spiro atoms. The normalized spacial score (nSPS) is 16.5. The molecule has 0 atom stereocenters. The van der Waals surface area contributed by atoms with E-state index in [4.69, 9.17) is 0 Å². The van der Waals surface area contributed by atoms with Crippen LogP contribution in [-0.2, 0) is 0 Å². The van der Waals surface area contributed by atoms with Crippen LogP contribution in [0.5, 0.6) is 5.75 Å². The molecular formula is C15H24N12O. The fourth-order valence-electron chi connectivity index (χ4n) is 2.35. The minimum Gasteiger partial charge on any atom is -0.507 e. The molecule has 1 aromatic rings. The number of nitrogens with zero attached hydrogens (tertiary/aromatic N) is 12. The van der Waals surface area contributed by atoms with E-state index in [-0.39, 0.29) is 5.75 Å². The number of phenolic OH excluding ortho intramolecular Hbond substituents is 1. The van der Waals surface area contributed by atoms with Crippen molar-refractivity contribution in [1.29, 1.82) is 0 Å². The number of aromatic hydroxyl groups is 1. The zero-order chi connectivity index (χ0) is 20.9. The summed E-state index contributed by atoms with van der Waals surface area (Å²) in [6.45, 7) is 0. The first kappa shape index (κ1) is 22.7. The van der Waals surface area contributed by atoms with Crippen molar-refractivity contribution in [3.05, 3.63) is 28.8 Å². The van der Waals surface area contributed by atoms with Crippen LogP contribution in [0.25, 0.3) is 0 Å². The van der Waals surface area contributed by atoms with Crippen molar-refractivity contribution in [2.75, 3.05) is 42.3 Å². The topological polar surface area (TPSA) is 169 Å². The van der Waals surface area contributed by atoms with Gasteiger partial charge >= 0.3 is 0 Å². The molecular weight excluding hydrogens is 364 g/mol. The lowest BCUT2D eigenvalue weighted by molar-refractivity contribution is 0.444. The van der Waals surface area contributed by atoms with E-state index < -0.39 is 18.5 Å². The van der Waals surface area contributed by atoms with Gasteiger partial charge in [-0.15, -0.1) is 0 Å².